The number of halogens is 2. The third kappa shape index (κ3) is 5.32. The Balaban J connectivity index is 1.97. The molecule has 0 heterocycles. The van der Waals surface area contributed by atoms with E-state index in [4.69, 9.17) is 4.74 Å². The first-order valence-electron chi connectivity index (χ1n) is 9.01. The van der Waals surface area contributed by atoms with E-state index in [0.717, 1.165) is 11.3 Å². The van der Waals surface area contributed by atoms with E-state index in [1.165, 1.54) is 12.1 Å². The molecule has 0 aromatic heterocycles. The number of rotatable bonds is 8. The van der Waals surface area contributed by atoms with E-state index in [1.54, 1.807) is 25.3 Å². The molecule has 5 nitrogen and oxygen atoms in total. The van der Waals surface area contributed by atoms with Crippen molar-refractivity contribution in [2.24, 2.45) is 0 Å². The molecular weight excluding hydrogens is 439 g/mol. The van der Waals surface area contributed by atoms with E-state index in [1.807, 2.05) is 42.5 Å². The van der Waals surface area contributed by atoms with Crippen LogP contribution in [0.2, 0.25) is 0 Å². The number of hydrogen-bond donors (Lipinski definition) is 1. The molecule has 3 aromatic rings. The van der Waals surface area contributed by atoms with Crippen molar-refractivity contribution < 1.29 is 14.1 Å². The molecule has 29 heavy (non-hydrogen) atoms. The first-order valence-corrected chi connectivity index (χ1v) is 9.80. The fourth-order valence-electron chi connectivity index (χ4n) is 3.17. The van der Waals surface area contributed by atoms with Crippen LogP contribution in [0.1, 0.15) is 17.2 Å². The zero-order chi connectivity index (χ0) is 20.8. The Hall–Kier alpha value is -2.93. The summed E-state index contributed by atoms with van der Waals surface area (Å²) in [5, 5.41) is 15.3. The number of benzene rings is 3. The summed E-state index contributed by atoms with van der Waals surface area (Å²) in [5.41, 5.74) is 2.05. The summed E-state index contributed by atoms with van der Waals surface area (Å²) >= 11 is 3.37. The van der Waals surface area contributed by atoms with E-state index < -0.39 is 17.9 Å². The van der Waals surface area contributed by atoms with E-state index in [-0.39, 0.29) is 11.3 Å². The maximum absolute atomic E-state index is 13.7. The van der Waals surface area contributed by atoms with Gasteiger partial charge in [0.2, 0.25) is 6.04 Å². The Bertz CT molecular complexity index is 968. The molecule has 0 unspecified atom stereocenters. The minimum absolute atomic E-state index is 0.0636. The van der Waals surface area contributed by atoms with Crippen molar-refractivity contribution >= 4 is 21.6 Å². The maximum Gasteiger partial charge on any atom is 0.241 e. The molecule has 7 heteroatoms. The highest BCUT2D eigenvalue weighted by atomic mass is 79.9. The van der Waals surface area contributed by atoms with Gasteiger partial charge in [-0.2, -0.15) is 0 Å². The average Bonchev–Trinajstić information content (AvgIpc) is 2.74. The van der Waals surface area contributed by atoms with Crippen LogP contribution in [0.5, 0.6) is 5.75 Å². The molecule has 0 aliphatic rings. The number of anilines is 1. The molecule has 0 bridgehead atoms. The van der Waals surface area contributed by atoms with Gasteiger partial charge in [0.1, 0.15) is 17.6 Å². The van der Waals surface area contributed by atoms with Crippen molar-refractivity contribution in [2.75, 3.05) is 12.4 Å². The van der Waals surface area contributed by atoms with Gasteiger partial charge in [0, 0.05) is 21.5 Å². The highest BCUT2D eigenvalue weighted by Crippen LogP contribution is 2.29. The molecule has 0 amide bonds. The van der Waals surface area contributed by atoms with Gasteiger partial charge >= 0.3 is 0 Å². The minimum Gasteiger partial charge on any atom is -0.497 e. The van der Waals surface area contributed by atoms with Crippen LogP contribution in [0, 0.1) is 15.9 Å². The molecule has 3 rings (SSSR count). The van der Waals surface area contributed by atoms with Crippen LogP contribution in [-0.2, 0) is 6.42 Å². The number of nitrogens with one attached hydrogen (secondary N) is 1. The van der Waals surface area contributed by atoms with Crippen molar-refractivity contribution in [1.82, 2.24) is 0 Å². The van der Waals surface area contributed by atoms with Crippen LogP contribution in [0.3, 0.4) is 0 Å². The highest BCUT2D eigenvalue weighted by molar-refractivity contribution is 9.10. The van der Waals surface area contributed by atoms with Crippen LogP contribution >= 0.6 is 15.9 Å². The highest BCUT2D eigenvalue weighted by Gasteiger charge is 2.33. The molecule has 2 atom stereocenters. The van der Waals surface area contributed by atoms with Gasteiger partial charge in [0.25, 0.3) is 0 Å². The second-order valence-electron chi connectivity index (χ2n) is 6.55. The standard InChI is InChI=1S/C22H20BrFN2O3/c1-29-19-10-8-18(9-11-19)25-22(15-5-3-2-4-6-15)21(26(27)28)14-16-13-17(24)7-12-20(16)23/h2-13,21-22,25H,14H2,1H3/t21-,22+/m0/s1. The number of methoxy groups -OCH3 is 1. The summed E-state index contributed by atoms with van der Waals surface area (Å²) in [6.07, 6.45) is 0.0636. The lowest BCUT2D eigenvalue weighted by Crippen LogP contribution is -2.34. The largest absolute Gasteiger partial charge is 0.497 e. The van der Waals surface area contributed by atoms with Gasteiger partial charge in [-0.05, 0) is 53.6 Å². The van der Waals surface area contributed by atoms with E-state index in [9.17, 15) is 14.5 Å². The number of nitrogens with zero attached hydrogens (tertiary/aromatic N) is 1. The monoisotopic (exact) mass is 458 g/mol. The van der Waals surface area contributed by atoms with Crippen molar-refractivity contribution in [2.45, 2.75) is 18.5 Å². The number of hydrogen-bond acceptors (Lipinski definition) is 4. The van der Waals surface area contributed by atoms with Gasteiger partial charge in [-0.25, -0.2) is 4.39 Å². The maximum atomic E-state index is 13.7. The predicted octanol–water partition coefficient (Wildman–Crippen LogP) is 5.64. The molecule has 150 valence electrons. The van der Waals surface area contributed by atoms with Gasteiger partial charge in [-0.1, -0.05) is 46.3 Å². The van der Waals surface area contributed by atoms with Crippen LogP contribution < -0.4 is 10.1 Å². The van der Waals surface area contributed by atoms with Crippen molar-refractivity contribution in [3.63, 3.8) is 0 Å². The molecule has 0 saturated carbocycles. The summed E-state index contributed by atoms with van der Waals surface area (Å²) in [6, 6.07) is 19.0. The molecule has 0 saturated heterocycles. The molecule has 1 N–H and O–H groups in total. The van der Waals surface area contributed by atoms with Crippen LogP contribution in [0.4, 0.5) is 10.1 Å². The van der Waals surface area contributed by atoms with Crippen molar-refractivity contribution in [1.29, 1.82) is 0 Å². The van der Waals surface area contributed by atoms with Crippen LogP contribution in [0.25, 0.3) is 0 Å². The smallest absolute Gasteiger partial charge is 0.241 e. The Morgan fingerprint density at radius 3 is 2.41 bits per heavy atom. The van der Waals surface area contributed by atoms with Gasteiger partial charge in [0.15, 0.2) is 0 Å². The van der Waals surface area contributed by atoms with E-state index in [2.05, 4.69) is 21.2 Å². The Kier molecular flexibility index (Phi) is 6.82. The predicted molar refractivity (Wildman–Crippen MR) is 114 cm³/mol. The van der Waals surface area contributed by atoms with Gasteiger partial charge in [-0.15, -0.1) is 0 Å². The zero-order valence-electron chi connectivity index (χ0n) is 15.7. The number of nitro groups is 1. The fourth-order valence-corrected chi connectivity index (χ4v) is 3.58. The SMILES string of the molecule is COc1ccc(N[C@H](c2ccccc2)[C@H](Cc2cc(F)ccc2Br)[N+](=O)[O-])cc1. The lowest BCUT2D eigenvalue weighted by atomic mass is 9.93. The quantitative estimate of drug-likeness (QED) is 0.350. The lowest BCUT2D eigenvalue weighted by molar-refractivity contribution is -0.525. The third-order valence-electron chi connectivity index (χ3n) is 4.66. The molecular formula is C22H20BrFN2O3. The third-order valence-corrected chi connectivity index (χ3v) is 5.44. The second-order valence-corrected chi connectivity index (χ2v) is 7.41. The minimum atomic E-state index is -1.02. The molecule has 3 aromatic carbocycles. The Morgan fingerprint density at radius 1 is 1.10 bits per heavy atom. The van der Waals surface area contributed by atoms with Crippen LogP contribution in [-0.4, -0.2) is 18.1 Å². The van der Waals surface area contributed by atoms with Gasteiger partial charge in [0.05, 0.1) is 7.11 Å². The Morgan fingerprint density at radius 2 is 1.79 bits per heavy atom. The van der Waals surface area contributed by atoms with Gasteiger partial charge < -0.3 is 10.1 Å². The van der Waals surface area contributed by atoms with Crippen molar-refractivity contribution in [3.05, 3.63) is 104 Å². The van der Waals surface area contributed by atoms with Gasteiger partial charge in [-0.3, -0.25) is 10.1 Å². The van der Waals surface area contributed by atoms with E-state index >= 15 is 0 Å². The Labute approximate surface area is 176 Å². The fraction of sp³-hybridized carbons (Fsp3) is 0.182. The summed E-state index contributed by atoms with van der Waals surface area (Å²) in [7, 11) is 1.58. The van der Waals surface area contributed by atoms with Crippen LogP contribution in [0.15, 0.2) is 77.3 Å². The average molecular weight is 459 g/mol. The molecule has 0 radical (unpaired) electrons. The molecule has 0 aliphatic heterocycles. The van der Waals surface area contributed by atoms with E-state index in [0.29, 0.717) is 15.8 Å². The summed E-state index contributed by atoms with van der Waals surface area (Å²) in [4.78, 5) is 11.7. The first-order chi connectivity index (χ1) is 14.0. The first kappa shape index (κ1) is 20.8. The topological polar surface area (TPSA) is 64.4 Å². The second kappa shape index (κ2) is 9.52. The molecule has 0 aliphatic carbocycles. The lowest BCUT2D eigenvalue weighted by Gasteiger charge is -2.24. The summed E-state index contributed by atoms with van der Waals surface area (Å²) < 4.78 is 19.5. The summed E-state index contributed by atoms with van der Waals surface area (Å²) in [5.74, 6) is 0.269. The summed E-state index contributed by atoms with van der Waals surface area (Å²) in [6.45, 7) is 0. The number of ether oxygens (including phenoxy) is 1. The molecule has 0 spiro atoms. The zero-order valence-corrected chi connectivity index (χ0v) is 17.3. The molecule has 0 fully saturated rings. The van der Waals surface area contributed by atoms with Crippen molar-refractivity contribution in [3.8, 4) is 5.75 Å². The normalized spacial score (nSPS) is 12.8.